The van der Waals surface area contributed by atoms with E-state index in [2.05, 4.69) is 32.9 Å². The van der Waals surface area contributed by atoms with Crippen molar-refractivity contribution in [1.82, 2.24) is 0 Å². The molecule has 0 nitrogen and oxygen atoms in total. The van der Waals surface area contributed by atoms with Gasteiger partial charge in [-0.3, -0.25) is 0 Å². The van der Waals surface area contributed by atoms with Crippen LogP contribution >= 0.6 is 22.7 Å². The van der Waals surface area contributed by atoms with Gasteiger partial charge >= 0.3 is 0 Å². The average molecular weight is 196 g/mol. The van der Waals surface area contributed by atoms with Crippen molar-refractivity contribution in [3.63, 3.8) is 0 Å². The van der Waals surface area contributed by atoms with E-state index in [1.807, 2.05) is 22.7 Å². The topological polar surface area (TPSA) is 0 Å². The van der Waals surface area contributed by atoms with Gasteiger partial charge in [0.2, 0.25) is 0 Å². The molecule has 2 rings (SSSR count). The highest BCUT2D eigenvalue weighted by molar-refractivity contribution is 7.38. The number of aryl methyl sites for hydroxylation is 1. The number of rotatable bonds is 1. The van der Waals surface area contributed by atoms with Crippen LogP contribution in [0.2, 0.25) is 0 Å². The van der Waals surface area contributed by atoms with Gasteiger partial charge in [0.15, 0.2) is 0 Å². The van der Waals surface area contributed by atoms with Crippen molar-refractivity contribution in [3.8, 4) is 0 Å². The van der Waals surface area contributed by atoms with Crippen LogP contribution in [0.25, 0.3) is 9.40 Å². The molecule has 0 aliphatic heterocycles. The Bertz CT molecular complexity index is 361. The molecule has 0 aromatic carbocycles. The minimum Gasteiger partial charge on any atom is -0.130 e. The summed E-state index contributed by atoms with van der Waals surface area (Å²) in [5, 5.41) is 1.44. The second-order valence-electron chi connectivity index (χ2n) is 3.40. The maximum atomic E-state index is 2.33. The van der Waals surface area contributed by atoms with E-state index >= 15 is 0 Å². The fourth-order valence-electron chi connectivity index (χ4n) is 1.27. The van der Waals surface area contributed by atoms with Gasteiger partial charge in [0.25, 0.3) is 0 Å². The zero-order valence-corrected chi connectivity index (χ0v) is 9.18. The Labute approximate surface area is 80.9 Å². The van der Waals surface area contributed by atoms with Gasteiger partial charge in [-0.2, -0.15) is 0 Å². The Hall–Kier alpha value is -0.340. The summed E-state index contributed by atoms with van der Waals surface area (Å²) in [7, 11) is 0. The van der Waals surface area contributed by atoms with E-state index in [0.29, 0.717) is 5.92 Å². The number of hydrogen-bond donors (Lipinski definition) is 0. The highest BCUT2D eigenvalue weighted by atomic mass is 32.2. The molecule has 2 aromatic heterocycles. The van der Waals surface area contributed by atoms with Gasteiger partial charge in [-0.1, -0.05) is 13.8 Å². The van der Waals surface area contributed by atoms with E-state index in [-0.39, 0.29) is 0 Å². The fraction of sp³-hybridized carbons (Fsp3) is 0.400. The molecule has 2 heterocycles. The van der Waals surface area contributed by atoms with Crippen molar-refractivity contribution in [1.29, 1.82) is 0 Å². The van der Waals surface area contributed by atoms with Crippen molar-refractivity contribution in [2.75, 3.05) is 0 Å². The normalized spacial score (nSPS) is 11.7. The summed E-state index contributed by atoms with van der Waals surface area (Å²) in [6.07, 6.45) is 0. The lowest BCUT2D eigenvalue weighted by molar-refractivity contribution is 0.890. The van der Waals surface area contributed by atoms with Crippen molar-refractivity contribution in [2.24, 2.45) is 0 Å². The number of hydrogen-bond acceptors (Lipinski definition) is 2. The molecule has 2 heteroatoms. The van der Waals surface area contributed by atoms with Gasteiger partial charge in [0.1, 0.15) is 0 Å². The van der Waals surface area contributed by atoms with Gasteiger partial charge in [-0.05, 0) is 25.0 Å². The predicted molar refractivity (Wildman–Crippen MR) is 58.5 cm³/mol. The fourth-order valence-corrected chi connectivity index (χ4v) is 3.70. The van der Waals surface area contributed by atoms with E-state index in [9.17, 15) is 0 Å². The molecule has 0 N–H and O–H groups in total. The van der Waals surface area contributed by atoms with Crippen molar-refractivity contribution in [2.45, 2.75) is 26.7 Å². The molecule has 0 atom stereocenters. The maximum absolute atomic E-state index is 2.33. The molecule has 0 amide bonds. The van der Waals surface area contributed by atoms with Gasteiger partial charge < -0.3 is 0 Å². The first-order valence-electron chi connectivity index (χ1n) is 4.16. The first-order valence-corrected chi connectivity index (χ1v) is 5.80. The van der Waals surface area contributed by atoms with Gasteiger partial charge in [0, 0.05) is 15.1 Å². The quantitative estimate of drug-likeness (QED) is 0.634. The lowest BCUT2D eigenvalue weighted by Gasteiger charge is -1.96. The molecule has 0 aliphatic rings. The Morgan fingerprint density at radius 1 is 1.17 bits per heavy atom. The van der Waals surface area contributed by atoms with Crippen LogP contribution in [-0.4, -0.2) is 0 Å². The molecule has 12 heavy (non-hydrogen) atoms. The summed E-state index contributed by atoms with van der Waals surface area (Å²) in [5.74, 6) is 0.676. The molecule has 0 saturated heterocycles. The van der Waals surface area contributed by atoms with Crippen LogP contribution in [0.3, 0.4) is 0 Å². The summed E-state index contributed by atoms with van der Waals surface area (Å²) < 4.78 is 1.48. The van der Waals surface area contributed by atoms with Crippen LogP contribution in [0, 0.1) is 6.92 Å². The molecule has 0 unspecified atom stereocenters. The molecule has 0 radical (unpaired) electrons. The largest absolute Gasteiger partial charge is 0.130 e. The average Bonchev–Trinajstić information content (AvgIpc) is 2.42. The van der Waals surface area contributed by atoms with E-state index < -0.39 is 0 Å². The Balaban J connectivity index is 2.57. The molecule has 0 bridgehead atoms. The Morgan fingerprint density at radius 2 is 1.92 bits per heavy atom. The monoisotopic (exact) mass is 196 g/mol. The second kappa shape index (κ2) is 2.86. The van der Waals surface area contributed by atoms with Crippen LogP contribution in [0.1, 0.15) is 29.5 Å². The van der Waals surface area contributed by atoms with Crippen molar-refractivity contribution in [3.05, 3.63) is 21.9 Å². The second-order valence-corrected chi connectivity index (χ2v) is 6.00. The Morgan fingerprint density at radius 3 is 2.50 bits per heavy atom. The van der Waals surface area contributed by atoms with Gasteiger partial charge in [0.05, 0.1) is 4.01 Å². The zero-order chi connectivity index (χ0) is 8.72. The number of fused-ring (bicyclic) bond motifs is 1. The third-order valence-electron chi connectivity index (χ3n) is 1.93. The van der Waals surface area contributed by atoms with E-state index in [1.165, 1.54) is 19.2 Å². The highest BCUT2D eigenvalue weighted by Crippen LogP contribution is 2.35. The molecule has 64 valence electrons. The third kappa shape index (κ3) is 1.29. The Kier molecular flexibility index (Phi) is 1.97. The molecule has 0 saturated carbocycles. The summed E-state index contributed by atoms with van der Waals surface area (Å²) in [4.78, 5) is 2.93. The first kappa shape index (κ1) is 8.27. The predicted octanol–water partition coefficient (Wildman–Crippen LogP) is 4.39. The molecule has 0 fully saturated rings. The van der Waals surface area contributed by atoms with Crippen LogP contribution < -0.4 is 0 Å². The number of thiophene rings is 2. The van der Waals surface area contributed by atoms with E-state index in [1.54, 1.807) is 0 Å². The lowest BCUT2D eigenvalue weighted by atomic mass is 10.2. The van der Waals surface area contributed by atoms with Crippen molar-refractivity contribution < 1.29 is 0 Å². The minimum atomic E-state index is 0.676. The molecule has 2 aromatic rings. The standard InChI is InChI=1S/C10H12S2/c1-6(2)9-5-8-4-7(3)11-10(8)12-9/h4-6H,1-3H3. The van der Waals surface area contributed by atoms with Crippen LogP contribution in [0.15, 0.2) is 12.1 Å². The lowest BCUT2D eigenvalue weighted by Crippen LogP contribution is -1.77. The first-order chi connectivity index (χ1) is 5.66. The third-order valence-corrected chi connectivity index (χ3v) is 4.53. The van der Waals surface area contributed by atoms with Crippen LogP contribution in [0.5, 0.6) is 0 Å². The maximum Gasteiger partial charge on any atom is 0.0870 e. The molecule has 0 spiro atoms. The molecule has 0 aliphatic carbocycles. The zero-order valence-electron chi connectivity index (χ0n) is 7.55. The molecular formula is C10H12S2. The van der Waals surface area contributed by atoms with Crippen LogP contribution in [0.4, 0.5) is 0 Å². The van der Waals surface area contributed by atoms with Crippen LogP contribution in [-0.2, 0) is 0 Å². The van der Waals surface area contributed by atoms with Gasteiger partial charge in [-0.15, -0.1) is 22.7 Å². The summed E-state index contributed by atoms with van der Waals surface area (Å²) in [6.45, 7) is 6.68. The van der Waals surface area contributed by atoms with Crippen molar-refractivity contribution >= 4 is 32.1 Å². The van der Waals surface area contributed by atoms with Gasteiger partial charge in [-0.25, -0.2) is 0 Å². The van der Waals surface area contributed by atoms with E-state index in [0.717, 1.165) is 0 Å². The summed E-state index contributed by atoms with van der Waals surface area (Å²) in [5.41, 5.74) is 0. The minimum absolute atomic E-state index is 0.676. The SMILES string of the molecule is Cc1cc2cc(C(C)C)sc2s1. The molecular weight excluding hydrogens is 184 g/mol. The smallest absolute Gasteiger partial charge is 0.0870 e. The van der Waals surface area contributed by atoms with E-state index in [4.69, 9.17) is 0 Å². The summed E-state index contributed by atoms with van der Waals surface area (Å²) in [6, 6.07) is 4.61. The summed E-state index contributed by atoms with van der Waals surface area (Å²) >= 11 is 3.85. The highest BCUT2D eigenvalue weighted by Gasteiger charge is 2.06.